The van der Waals surface area contributed by atoms with Crippen molar-refractivity contribution in [2.45, 2.75) is 18.4 Å². The summed E-state index contributed by atoms with van der Waals surface area (Å²) in [6, 6.07) is 0. The Morgan fingerprint density at radius 1 is 1.29 bits per heavy atom. The Morgan fingerprint density at radius 2 is 2.06 bits per heavy atom. The van der Waals surface area contributed by atoms with Crippen molar-refractivity contribution in [3.63, 3.8) is 0 Å². The number of hydrogen-bond acceptors (Lipinski definition) is 5. The van der Waals surface area contributed by atoms with Crippen LogP contribution in [0.5, 0.6) is 0 Å². The van der Waals surface area contributed by atoms with Crippen molar-refractivity contribution >= 4 is 15.8 Å². The normalized spacial score (nSPS) is 34.4. The molecule has 2 rings (SSSR count). The van der Waals surface area contributed by atoms with Crippen LogP contribution in [-0.2, 0) is 14.6 Å². The standard InChI is InChI=1S/C10H18N2O4S/c13-9(14)10(2-7-17(15,16)8-10)12-5-1-3-11-4-6-12/h11H,1-8H2,(H,13,14). The lowest BCUT2D eigenvalue weighted by Gasteiger charge is -2.35. The molecule has 1 unspecified atom stereocenters. The highest BCUT2D eigenvalue weighted by Crippen LogP contribution is 2.30. The van der Waals surface area contributed by atoms with Crippen LogP contribution in [0.2, 0.25) is 0 Å². The average molecular weight is 262 g/mol. The van der Waals surface area contributed by atoms with Crippen LogP contribution < -0.4 is 5.32 Å². The van der Waals surface area contributed by atoms with Crippen molar-refractivity contribution in [3.8, 4) is 0 Å². The molecule has 2 N–H and O–H groups in total. The predicted octanol–water partition coefficient (Wildman–Crippen LogP) is -1.08. The summed E-state index contributed by atoms with van der Waals surface area (Å²) in [4.78, 5) is 13.3. The van der Waals surface area contributed by atoms with Gasteiger partial charge in [-0.2, -0.15) is 0 Å². The van der Waals surface area contributed by atoms with E-state index in [1.165, 1.54) is 0 Å². The molecule has 98 valence electrons. The van der Waals surface area contributed by atoms with E-state index in [-0.39, 0.29) is 17.9 Å². The smallest absolute Gasteiger partial charge is 0.325 e. The maximum absolute atomic E-state index is 11.6. The molecule has 0 aromatic rings. The number of aliphatic carboxylic acids is 1. The van der Waals surface area contributed by atoms with Crippen LogP contribution in [0.3, 0.4) is 0 Å². The Bertz CT molecular complexity index is 401. The first-order valence-corrected chi connectivity index (χ1v) is 7.68. The first-order valence-electron chi connectivity index (χ1n) is 5.86. The van der Waals surface area contributed by atoms with Crippen LogP contribution >= 0.6 is 0 Å². The van der Waals surface area contributed by atoms with Crippen molar-refractivity contribution < 1.29 is 18.3 Å². The minimum absolute atomic E-state index is 0.0107. The molecule has 0 bridgehead atoms. The second kappa shape index (κ2) is 4.55. The molecule has 0 amide bonds. The molecule has 2 aliphatic heterocycles. The minimum atomic E-state index is -3.20. The van der Waals surface area contributed by atoms with E-state index in [1.807, 2.05) is 4.90 Å². The van der Waals surface area contributed by atoms with E-state index >= 15 is 0 Å². The predicted molar refractivity (Wildman–Crippen MR) is 62.7 cm³/mol. The topological polar surface area (TPSA) is 86.7 Å². The number of hydrogen-bond donors (Lipinski definition) is 2. The molecule has 2 aliphatic rings. The monoisotopic (exact) mass is 262 g/mol. The highest BCUT2D eigenvalue weighted by atomic mass is 32.2. The quantitative estimate of drug-likeness (QED) is 0.658. The molecule has 6 nitrogen and oxygen atoms in total. The lowest BCUT2D eigenvalue weighted by atomic mass is 9.96. The molecule has 0 radical (unpaired) electrons. The van der Waals surface area contributed by atoms with Gasteiger partial charge in [-0.1, -0.05) is 0 Å². The molecule has 1 atom stereocenters. The molecule has 2 fully saturated rings. The Labute approximate surface area is 101 Å². The maximum Gasteiger partial charge on any atom is 0.325 e. The molecule has 0 aromatic carbocycles. The summed E-state index contributed by atoms with van der Waals surface area (Å²) in [6.07, 6.45) is 1.07. The van der Waals surface area contributed by atoms with Crippen molar-refractivity contribution in [1.82, 2.24) is 10.2 Å². The molecular weight excluding hydrogens is 244 g/mol. The lowest BCUT2D eigenvalue weighted by molar-refractivity contribution is -0.149. The fourth-order valence-corrected chi connectivity index (χ4v) is 4.63. The van der Waals surface area contributed by atoms with Crippen molar-refractivity contribution in [1.29, 1.82) is 0 Å². The highest BCUT2D eigenvalue weighted by Gasteiger charge is 2.52. The Balaban J connectivity index is 2.25. The van der Waals surface area contributed by atoms with Gasteiger partial charge < -0.3 is 10.4 Å². The third-order valence-electron chi connectivity index (χ3n) is 3.63. The molecule has 2 saturated heterocycles. The zero-order valence-corrected chi connectivity index (χ0v) is 10.5. The molecule has 0 aliphatic carbocycles. The molecule has 17 heavy (non-hydrogen) atoms. The maximum atomic E-state index is 11.6. The highest BCUT2D eigenvalue weighted by molar-refractivity contribution is 7.91. The number of nitrogens with one attached hydrogen (secondary N) is 1. The zero-order valence-electron chi connectivity index (χ0n) is 9.68. The summed E-state index contributed by atoms with van der Waals surface area (Å²) in [7, 11) is -3.20. The van der Waals surface area contributed by atoms with Gasteiger partial charge in [0.1, 0.15) is 5.54 Å². The van der Waals surface area contributed by atoms with Gasteiger partial charge in [-0.15, -0.1) is 0 Å². The van der Waals surface area contributed by atoms with Gasteiger partial charge in [0, 0.05) is 19.6 Å². The molecule has 0 aromatic heterocycles. The van der Waals surface area contributed by atoms with Gasteiger partial charge in [0.05, 0.1) is 11.5 Å². The first kappa shape index (κ1) is 12.8. The van der Waals surface area contributed by atoms with Crippen molar-refractivity contribution in [3.05, 3.63) is 0 Å². The fourth-order valence-electron chi connectivity index (χ4n) is 2.66. The number of nitrogens with zero attached hydrogens (tertiary/aromatic N) is 1. The Hall–Kier alpha value is -0.660. The summed E-state index contributed by atoms with van der Waals surface area (Å²) in [5.74, 6) is -1.25. The minimum Gasteiger partial charge on any atom is -0.480 e. The van der Waals surface area contributed by atoms with Crippen LogP contribution in [0.1, 0.15) is 12.8 Å². The van der Waals surface area contributed by atoms with Crippen LogP contribution in [-0.4, -0.2) is 67.6 Å². The third-order valence-corrected chi connectivity index (χ3v) is 5.37. The molecule has 0 spiro atoms. The summed E-state index contributed by atoms with van der Waals surface area (Å²) in [5.41, 5.74) is -1.19. The number of carboxylic acid groups (broad SMARTS) is 1. The fraction of sp³-hybridized carbons (Fsp3) is 0.900. The SMILES string of the molecule is O=C(O)C1(N2CCCNCC2)CCS(=O)(=O)C1. The molecular formula is C10H18N2O4S. The number of carbonyl (C=O) groups is 1. The zero-order chi connectivity index (χ0) is 12.5. The van der Waals surface area contributed by atoms with Gasteiger partial charge in [-0.05, 0) is 19.4 Å². The lowest BCUT2D eigenvalue weighted by Crippen LogP contribution is -2.56. The van der Waals surface area contributed by atoms with E-state index < -0.39 is 21.3 Å². The van der Waals surface area contributed by atoms with Gasteiger partial charge in [-0.25, -0.2) is 8.42 Å². The third kappa shape index (κ3) is 2.46. The van der Waals surface area contributed by atoms with E-state index in [4.69, 9.17) is 0 Å². The van der Waals surface area contributed by atoms with Crippen LogP contribution in [0.15, 0.2) is 0 Å². The van der Waals surface area contributed by atoms with E-state index in [2.05, 4.69) is 5.32 Å². The van der Waals surface area contributed by atoms with Gasteiger partial charge in [-0.3, -0.25) is 9.69 Å². The largest absolute Gasteiger partial charge is 0.480 e. The number of rotatable bonds is 2. The summed E-state index contributed by atoms with van der Waals surface area (Å²) in [5, 5.41) is 12.6. The van der Waals surface area contributed by atoms with Gasteiger partial charge in [0.25, 0.3) is 0 Å². The van der Waals surface area contributed by atoms with Crippen molar-refractivity contribution in [2.24, 2.45) is 0 Å². The van der Waals surface area contributed by atoms with E-state index in [9.17, 15) is 18.3 Å². The average Bonchev–Trinajstić information content (AvgIpc) is 2.47. The van der Waals surface area contributed by atoms with Crippen LogP contribution in [0.25, 0.3) is 0 Å². The molecule has 0 saturated carbocycles. The van der Waals surface area contributed by atoms with Gasteiger partial charge in [0.15, 0.2) is 9.84 Å². The van der Waals surface area contributed by atoms with Gasteiger partial charge >= 0.3 is 5.97 Å². The summed E-state index contributed by atoms with van der Waals surface area (Å²) in [6.45, 7) is 2.82. The molecule has 7 heteroatoms. The van der Waals surface area contributed by atoms with E-state index in [0.29, 0.717) is 13.1 Å². The van der Waals surface area contributed by atoms with Crippen LogP contribution in [0.4, 0.5) is 0 Å². The van der Waals surface area contributed by atoms with Gasteiger partial charge in [0.2, 0.25) is 0 Å². The van der Waals surface area contributed by atoms with Crippen LogP contribution in [0, 0.1) is 0 Å². The second-order valence-electron chi connectivity index (χ2n) is 4.77. The first-order chi connectivity index (χ1) is 7.96. The molecule has 2 heterocycles. The summed E-state index contributed by atoms with van der Waals surface area (Å²) < 4.78 is 23.1. The number of carboxylic acids is 1. The van der Waals surface area contributed by atoms with E-state index in [1.54, 1.807) is 0 Å². The summed E-state index contributed by atoms with van der Waals surface area (Å²) >= 11 is 0. The Kier molecular flexibility index (Phi) is 3.42. The van der Waals surface area contributed by atoms with Crippen molar-refractivity contribution in [2.75, 3.05) is 37.7 Å². The van der Waals surface area contributed by atoms with E-state index in [0.717, 1.165) is 19.5 Å². The number of sulfone groups is 1. The second-order valence-corrected chi connectivity index (χ2v) is 6.95. The Morgan fingerprint density at radius 3 is 2.65 bits per heavy atom.